The molecule has 96 valence electrons. The zero-order valence-electron chi connectivity index (χ0n) is 11.2. The van der Waals surface area contributed by atoms with E-state index in [9.17, 15) is 4.79 Å². The van der Waals surface area contributed by atoms with Crippen LogP contribution in [0.1, 0.15) is 51.6 Å². The van der Waals surface area contributed by atoms with Crippen LogP contribution in [0.2, 0.25) is 0 Å². The monoisotopic (exact) mass is 236 g/mol. The maximum absolute atomic E-state index is 12.2. The van der Waals surface area contributed by atoms with E-state index in [0.717, 1.165) is 24.9 Å². The zero-order valence-corrected chi connectivity index (χ0v) is 11.2. The molecule has 0 radical (unpaired) electrons. The summed E-state index contributed by atoms with van der Waals surface area (Å²) >= 11 is 0. The summed E-state index contributed by atoms with van der Waals surface area (Å²) in [6.45, 7) is 8.00. The van der Waals surface area contributed by atoms with E-state index < -0.39 is 0 Å². The molecule has 0 aliphatic carbocycles. The van der Waals surface area contributed by atoms with E-state index in [-0.39, 0.29) is 11.6 Å². The van der Waals surface area contributed by atoms with Gasteiger partial charge in [0.2, 0.25) is 0 Å². The fourth-order valence-electron chi connectivity index (χ4n) is 1.76. The van der Waals surface area contributed by atoms with Crippen molar-refractivity contribution in [2.24, 2.45) is 0 Å². The SMILES string of the molecule is CCCCNCc1cccn(C(C)CC)c1=O. The lowest BCUT2D eigenvalue weighted by molar-refractivity contribution is 0.508. The van der Waals surface area contributed by atoms with Gasteiger partial charge in [-0.15, -0.1) is 0 Å². The molecule has 3 heteroatoms. The van der Waals surface area contributed by atoms with Gasteiger partial charge in [0, 0.05) is 24.3 Å². The summed E-state index contributed by atoms with van der Waals surface area (Å²) < 4.78 is 1.83. The van der Waals surface area contributed by atoms with Gasteiger partial charge >= 0.3 is 0 Å². The normalized spacial score (nSPS) is 12.6. The minimum atomic E-state index is 0.144. The first-order valence-corrected chi connectivity index (χ1v) is 6.61. The largest absolute Gasteiger partial charge is 0.312 e. The summed E-state index contributed by atoms with van der Waals surface area (Å²) in [5, 5.41) is 3.31. The lowest BCUT2D eigenvalue weighted by Crippen LogP contribution is -2.28. The topological polar surface area (TPSA) is 34.0 Å². The van der Waals surface area contributed by atoms with Gasteiger partial charge in [0.05, 0.1) is 0 Å². The number of hydrogen-bond acceptors (Lipinski definition) is 2. The van der Waals surface area contributed by atoms with E-state index in [0.29, 0.717) is 6.54 Å². The summed E-state index contributed by atoms with van der Waals surface area (Å²) in [5.74, 6) is 0. The molecule has 1 atom stereocenters. The maximum atomic E-state index is 12.2. The van der Waals surface area contributed by atoms with Gasteiger partial charge in [0.25, 0.3) is 5.56 Å². The van der Waals surface area contributed by atoms with Crippen molar-refractivity contribution in [2.75, 3.05) is 6.54 Å². The Morgan fingerprint density at radius 2 is 2.18 bits per heavy atom. The number of nitrogens with zero attached hydrogens (tertiary/aromatic N) is 1. The summed E-state index contributed by atoms with van der Waals surface area (Å²) in [6, 6.07) is 4.16. The lowest BCUT2D eigenvalue weighted by atomic mass is 10.2. The number of nitrogens with one attached hydrogen (secondary N) is 1. The van der Waals surface area contributed by atoms with Crippen molar-refractivity contribution < 1.29 is 0 Å². The number of pyridine rings is 1. The molecule has 1 unspecified atom stereocenters. The average molecular weight is 236 g/mol. The third-order valence-corrected chi connectivity index (χ3v) is 3.14. The highest BCUT2D eigenvalue weighted by Crippen LogP contribution is 2.06. The molecule has 0 aromatic carbocycles. The molecule has 0 spiro atoms. The third kappa shape index (κ3) is 4.00. The van der Waals surface area contributed by atoms with Crippen LogP contribution < -0.4 is 10.9 Å². The molecule has 1 N–H and O–H groups in total. The van der Waals surface area contributed by atoms with Crippen molar-refractivity contribution in [3.05, 3.63) is 34.2 Å². The zero-order chi connectivity index (χ0) is 12.7. The third-order valence-electron chi connectivity index (χ3n) is 3.14. The van der Waals surface area contributed by atoms with Gasteiger partial charge in [0.15, 0.2) is 0 Å². The van der Waals surface area contributed by atoms with Crippen LogP contribution in [0, 0.1) is 0 Å². The van der Waals surface area contributed by atoms with Crippen LogP contribution in [0.25, 0.3) is 0 Å². The first-order chi connectivity index (χ1) is 8.20. The van der Waals surface area contributed by atoms with Gasteiger partial charge in [0.1, 0.15) is 0 Å². The highest BCUT2D eigenvalue weighted by atomic mass is 16.1. The molecular weight excluding hydrogens is 212 g/mol. The quantitative estimate of drug-likeness (QED) is 0.739. The second-order valence-corrected chi connectivity index (χ2v) is 4.53. The van der Waals surface area contributed by atoms with Crippen LogP contribution in [-0.2, 0) is 6.54 Å². The van der Waals surface area contributed by atoms with E-state index in [1.807, 2.05) is 22.9 Å². The maximum Gasteiger partial charge on any atom is 0.255 e. The van der Waals surface area contributed by atoms with E-state index in [4.69, 9.17) is 0 Å². The molecule has 0 amide bonds. The van der Waals surface area contributed by atoms with Gasteiger partial charge in [-0.1, -0.05) is 26.3 Å². The van der Waals surface area contributed by atoms with Gasteiger partial charge in [-0.05, 0) is 32.4 Å². The molecule has 0 bridgehead atoms. The Hall–Kier alpha value is -1.09. The van der Waals surface area contributed by atoms with Gasteiger partial charge < -0.3 is 9.88 Å². The molecule has 17 heavy (non-hydrogen) atoms. The molecule has 0 aliphatic rings. The van der Waals surface area contributed by atoms with Gasteiger partial charge in [-0.25, -0.2) is 0 Å². The standard InChI is InChI=1S/C14H24N2O/c1-4-6-9-15-11-13-8-7-10-16(14(13)17)12(3)5-2/h7-8,10,12,15H,4-6,9,11H2,1-3H3. The molecule has 0 saturated heterocycles. The molecule has 1 aromatic rings. The smallest absolute Gasteiger partial charge is 0.255 e. The highest BCUT2D eigenvalue weighted by molar-refractivity contribution is 5.10. The Kier molecular flexibility index (Phi) is 5.98. The summed E-state index contributed by atoms with van der Waals surface area (Å²) in [7, 11) is 0. The van der Waals surface area contributed by atoms with Crippen molar-refractivity contribution >= 4 is 0 Å². The molecule has 0 fully saturated rings. The number of hydrogen-bond donors (Lipinski definition) is 1. The van der Waals surface area contributed by atoms with E-state index in [1.165, 1.54) is 6.42 Å². The molecular formula is C14H24N2O. The van der Waals surface area contributed by atoms with Crippen molar-refractivity contribution in [2.45, 2.75) is 52.6 Å². The Morgan fingerprint density at radius 3 is 2.82 bits per heavy atom. The number of unbranched alkanes of at least 4 members (excludes halogenated alkanes) is 1. The Labute approximate surface area is 104 Å². The molecule has 3 nitrogen and oxygen atoms in total. The second-order valence-electron chi connectivity index (χ2n) is 4.53. The van der Waals surface area contributed by atoms with E-state index >= 15 is 0 Å². The van der Waals surface area contributed by atoms with E-state index in [2.05, 4.69) is 26.1 Å². The van der Waals surface area contributed by atoms with Crippen LogP contribution in [0.3, 0.4) is 0 Å². The fourth-order valence-corrected chi connectivity index (χ4v) is 1.76. The summed E-state index contributed by atoms with van der Waals surface area (Å²) in [5.41, 5.74) is 1.01. The van der Waals surface area contributed by atoms with Gasteiger partial charge in [-0.2, -0.15) is 0 Å². The predicted molar refractivity (Wildman–Crippen MR) is 72.3 cm³/mol. The minimum Gasteiger partial charge on any atom is -0.312 e. The van der Waals surface area contributed by atoms with Crippen LogP contribution in [-0.4, -0.2) is 11.1 Å². The Balaban J connectivity index is 2.70. The highest BCUT2D eigenvalue weighted by Gasteiger charge is 2.06. The lowest BCUT2D eigenvalue weighted by Gasteiger charge is -2.14. The van der Waals surface area contributed by atoms with Crippen molar-refractivity contribution in [1.82, 2.24) is 9.88 Å². The number of aromatic nitrogens is 1. The minimum absolute atomic E-state index is 0.144. The molecule has 0 saturated carbocycles. The van der Waals surface area contributed by atoms with Crippen molar-refractivity contribution in [3.63, 3.8) is 0 Å². The van der Waals surface area contributed by atoms with Crippen LogP contribution >= 0.6 is 0 Å². The second kappa shape index (κ2) is 7.28. The van der Waals surface area contributed by atoms with Crippen LogP contribution in [0.4, 0.5) is 0 Å². The summed E-state index contributed by atoms with van der Waals surface area (Å²) in [4.78, 5) is 12.2. The van der Waals surface area contributed by atoms with Crippen LogP contribution in [0.15, 0.2) is 23.1 Å². The molecule has 1 rings (SSSR count). The predicted octanol–water partition coefficient (Wildman–Crippen LogP) is 2.71. The Bertz CT molecular complexity index is 384. The van der Waals surface area contributed by atoms with E-state index in [1.54, 1.807) is 0 Å². The van der Waals surface area contributed by atoms with Crippen molar-refractivity contribution in [1.29, 1.82) is 0 Å². The average Bonchev–Trinajstić information content (AvgIpc) is 2.35. The fraction of sp³-hybridized carbons (Fsp3) is 0.643. The van der Waals surface area contributed by atoms with Gasteiger partial charge in [-0.3, -0.25) is 4.79 Å². The first-order valence-electron chi connectivity index (χ1n) is 6.61. The molecule has 1 heterocycles. The molecule has 0 aliphatic heterocycles. The summed E-state index contributed by atoms with van der Waals surface area (Å²) in [6.07, 6.45) is 5.20. The molecule has 1 aromatic heterocycles. The Morgan fingerprint density at radius 1 is 1.41 bits per heavy atom. The number of rotatable bonds is 7. The van der Waals surface area contributed by atoms with Crippen LogP contribution in [0.5, 0.6) is 0 Å². The first kappa shape index (κ1) is 14.0. The van der Waals surface area contributed by atoms with Crippen molar-refractivity contribution in [3.8, 4) is 0 Å².